The normalized spacial score (nSPS) is 18.5. The third-order valence-corrected chi connectivity index (χ3v) is 8.66. The number of hydrogen-bond donors (Lipinski definition) is 3. The Morgan fingerprint density at radius 3 is 2.59 bits per heavy atom. The minimum Gasteiger partial charge on any atom is -0.370 e. The van der Waals surface area contributed by atoms with Gasteiger partial charge in [0, 0.05) is 59.8 Å². The number of hydrogen-bond acceptors (Lipinski definition) is 8. The molecule has 0 aliphatic carbocycles. The summed E-state index contributed by atoms with van der Waals surface area (Å²) in [5.41, 5.74) is 13.3. The molecule has 2 saturated heterocycles. The highest BCUT2D eigenvalue weighted by molar-refractivity contribution is 7.99. The molecule has 13 heteroatoms. The number of nitrogens with zero attached hydrogens (tertiary/aromatic N) is 5. The molecular formula is C26H28ClF3N8S. The number of aromatic nitrogens is 4. The Morgan fingerprint density at radius 2 is 1.92 bits per heavy atom. The van der Waals surface area contributed by atoms with Gasteiger partial charge in [0.25, 0.3) is 0 Å². The first-order valence-electron chi connectivity index (χ1n) is 12.9. The van der Waals surface area contributed by atoms with Gasteiger partial charge in [-0.2, -0.15) is 13.2 Å². The van der Waals surface area contributed by atoms with Crippen LogP contribution in [0.4, 0.5) is 24.7 Å². The second-order valence-corrected chi connectivity index (χ2v) is 11.6. The van der Waals surface area contributed by atoms with E-state index in [9.17, 15) is 13.2 Å². The largest absolute Gasteiger partial charge is 0.433 e. The van der Waals surface area contributed by atoms with Crippen molar-refractivity contribution in [3.63, 3.8) is 0 Å². The number of rotatable bonds is 6. The Kier molecular flexibility index (Phi) is 6.77. The predicted octanol–water partition coefficient (Wildman–Crippen LogP) is 4.82. The van der Waals surface area contributed by atoms with Crippen molar-refractivity contribution in [2.24, 2.45) is 17.4 Å². The van der Waals surface area contributed by atoms with E-state index in [0.29, 0.717) is 70.2 Å². The monoisotopic (exact) mass is 576 g/mol. The summed E-state index contributed by atoms with van der Waals surface area (Å²) in [4.78, 5) is 21.6. The van der Waals surface area contributed by atoms with Crippen LogP contribution in [0.15, 0.2) is 34.3 Å². The molecule has 2 aliphatic heterocycles. The van der Waals surface area contributed by atoms with Crippen LogP contribution >= 0.6 is 23.4 Å². The number of H-pyrrole nitrogens is 1. The molecule has 1 unspecified atom stereocenters. The minimum atomic E-state index is -4.56. The minimum absolute atomic E-state index is 0.0459. The van der Waals surface area contributed by atoms with E-state index in [1.54, 1.807) is 6.07 Å². The number of halogens is 4. The van der Waals surface area contributed by atoms with Crippen LogP contribution in [-0.2, 0) is 12.6 Å². The molecule has 206 valence electrons. The molecule has 5 heterocycles. The Bertz CT molecular complexity index is 1550. The Labute approximate surface area is 232 Å². The van der Waals surface area contributed by atoms with Crippen molar-refractivity contribution in [1.82, 2.24) is 19.9 Å². The summed E-state index contributed by atoms with van der Waals surface area (Å²) >= 11 is 7.97. The zero-order chi connectivity index (χ0) is 27.5. The Morgan fingerprint density at radius 1 is 1.13 bits per heavy atom. The van der Waals surface area contributed by atoms with E-state index in [1.807, 2.05) is 24.0 Å². The van der Waals surface area contributed by atoms with Gasteiger partial charge < -0.3 is 26.3 Å². The average molecular weight is 577 g/mol. The number of fused-ring (bicyclic) bond motifs is 2. The van der Waals surface area contributed by atoms with Crippen LogP contribution in [0.5, 0.6) is 0 Å². The van der Waals surface area contributed by atoms with Gasteiger partial charge in [0.15, 0.2) is 5.16 Å². The highest BCUT2D eigenvalue weighted by Crippen LogP contribution is 2.40. The van der Waals surface area contributed by atoms with Gasteiger partial charge in [0.05, 0.1) is 15.9 Å². The lowest BCUT2D eigenvalue weighted by molar-refractivity contribution is -0.140. The van der Waals surface area contributed by atoms with Crippen LogP contribution in [0.25, 0.3) is 21.9 Å². The molecule has 4 aromatic rings. The lowest BCUT2D eigenvalue weighted by Gasteiger charge is -2.41. The maximum atomic E-state index is 13.7. The van der Waals surface area contributed by atoms with E-state index < -0.39 is 11.9 Å². The highest BCUT2D eigenvalue weighted by atomic mass is 35.5. The molecule has 0 saturated carbocycles. The molecule has 3 aromatic heterocycles. The molecule has 0 radical (unpaired) electrons. The summed E-state index contributed by atoms with van der Waals surface area (Å²) in [6.45, 7) is 5.17. The quantitative estimate of drug-likeness (QED) is 0.280. The molecule has 2 aliphatic rings. The number of alkyl halides is 3. The van der Waals surface area contributed by atoms with Crippen molar-refractivity contribution in [2.75, 3.05) is 42.5 Å². The molecule has 8 nitrogen and oxygen atoms in total. The van der Waals surface area contributed by atoms with Gasteiger partial charge in [0.2, 0.25) is 0 Å². The third kappa shape index (κ3) is 4.88. The molecule has 6 rings (SSSR count). The Hall–Kier alpha value is -2.80. The van der Waals surface area contributed by atoms with Crippen molar-refractivity contribution in [2.45, 2.75) is 42.0 Å². The average Bonchev–Trinajstić information content (AvgIpc) is 3.44. The topological polar surface area (TPSA) is 113 Å². The van der Waals surface area contributed by atoms with Crippen molar-refractivity contribution < 1.29 is 13.2 Å². The van der Waals surface area contributed by atoms with E-state index in [4.69, 9.17) is 33.0 Å². The van der Waals surface area contributed by atoms with Crippen LogP contribution < -0.4 is 21.3 Å². The molecule has 5 N–H and O–H groups in total. The van der Waals surface area contributed by atoms with Gasteiger partial charge in [0.1, 0.15) is 17.2 Å². The highest BCUT2D eigenvalue weighted by Gasteiger charge is 2.35. The third-order valence-electron chi connectivity index (χ3n) is 7.39. The van der Waals surface area contributed by atoms with E-state index in [2.05, 4.69) is 14.9 Å². The molecule has 0 bridgehead atoms. The summed E-state index contributed by atoms with van der Waals surface area (Å²) in [7, 11) is 0. The van der Waals surface area contributed by atoms with E-state index >= 15 is 0 Å². The van der Waals surface area contributed by atoms with Crippen LogP contribution in [-0.4, -0.2) is 58.7 Å². The molecule has 1 aromatic carbocycles. The van der Waals surface area contributed by atoms with Crippen LogP contribution in [0, 0.1) is 5.92 Å². The summed E-state index contributed by atoms with van der Waals surface area (Å²) in [6, 6.07) is 6.52. The summed E-state index contributed by atoms with van der Waals surface area (Å²) in [5, 5.41) is 2.48. The zero-order valence-corrected chi connectivity index (χ0v) is 22.8. The van der Waals surface area contributed by atoms with Gasteiger partial charge in [-0.05, 0) is 55.4 Å². The van der Waals surface area contributed by atoms with Crippen LogP contribution in [0.3, 0.4) is 0 Å². The predicted molar refractivity (Wildman–Crippen MR) is 149 cm³/mol. The molecule has 0 amide bonds. The lowest BCUT2D eigenvalue weighted by atomic mass is 9.98. The number of benzene rings is 1. The summed E-state index contributed by atoms with van der Waals surface area (Å²) in [6.07, 6.45) is -3.01. The number of aromatic amines is 1. The maximum Gasteiger partial charge on any atom is 0.433 e. The van der Waals surface area contributed by atoms with E-state index in [-0.39, 0.29) is 17.5 Å². The van der Waals surface area contributed by atoms with Gasteiger partial charge in [-0.25, -0.2) is 15.0 Å². The second-order valence-electron chi connectivity index (χ2n) is 10.1. The number of nitrogens with two attached hydrogens (primary N) is 2. The maximum absolute atomic E-state index is 13.7. The number of pyridine rings is 1. The molecule has 0 spiro atoms. The van der Waals surface area contributed by atoms with Gasteiger partial charge in [-0.15, -0.1) is 0 Å². The first kappa shape index (κ1) is 26.4. The molecular weight excluding hydrogens is 549 g/mol. The molecule has 39 heavy (non-hydrogen) atoms. The number of nitrogens with one attached hydrogen (secondary N) is 1. The summed E-state index contributed by atoms with van der Waals surface area (Å²) < 4.78 is 41.2. The zero-order valence-electron chi connectivity index (χ0n) is 21.2. The Balaban J connectivity index is 1.40. The standard InChI is InChI=1S/C26H28ClF3N8S/c1-2-17-22(27)21-23(34-17)35-25(36-24(21)37-6-5-14(32)12-37)39-15-3-4-16-18(7-15)33-20(26(28,29)30)8-19(16)38-10-13(9-31)11-38/h3-4,7-8,13-14H,2,5-6,9-12,31-32H2,1H3,(H,34,35,36). The smallest absolute Gasteiger partial charge is 0.370 e. The molecule has 2 fully saturated rings. The fourth-order valence-electron chi connectivity index (χ4n) is 5.25. The van der Waals surface area contributed by atoms with Crippen molar-refractivity contribution in [3.05, 3.63) is 40.7 Å². The van der Waals surface area contributed by atoms with Gasteiger partial charge in [-0.1, -0.05) is 18.5 Å². The van der Waals surface area contributed by atoms with Crippen LogP contribution in [0.2, 0.25) is 5.02 Å². The SMILES string of the molecule is CCc1[nH]c2nc(Sc3ccc4c(N5CC(CN)C5)cc(C(F)(F)F)nc4c3)nc(N3CCC(N)C3)c2c1Cl. The fraction of sp³-hybridized carbons (Fsp3) is 0.423. The van der Waals surface area contributed by atoms with Crippen molar-refractivity contribution >= 4 is 56.8 Å². The number of anilines is 2. The van der Waals surface area contributed by atoms with Gasteiger partial charge in [-0.3, -0.25) is 0 Å². The van der Waals surface area contributed by atoms with Crippen LogP contribution in [0.1, 0.15) is 24.7 Å². The van der Waals surface area contributed by atoms with Crippen molar-refractivity contribution in [1.29, 1.82) is 0 Å². The first-order valence-corrected chi connectivity index (χ1v) is 14.1. The van der Waals surface area contributed by atoms with Crippen molar-refractivity contribution in [3.8, 4) is 0 Å². The van der Waals surface area contributed by atoms with Gasteiger partial charge >= 0.3 is 6.18 Å². The van der Waals surface area contributed by atoms with E-state index in [0.717, 1.165) is 30.1 Å². The number of aryl methyl sites for hydroxylation is 1. The summed E-state index contributed by atoms with van der Waals surface area (Å²) in [5.74, 6) is 0.989. The van der Waals surface area contributed by atoms with E-state index in [1.165, 1.54) is 11.8 Å². The molecule has 1 atom stereocenters. The fourth-order valence-corrected chi connectivity index (χ4v) is 6.39. The lowest BCUT2D eigenvalue weighted by Crippen LogP contribution is -2.50. The second kappa shape index (κ2) is 9.99. The first-order chi connectivity index (χ1) is 18.6.